The highest BCUT2D eigenvalue weighted by atomic mass is 32.2. The summed E-state index contributed by atoms with van der Waals surface area (Å²) >= 11 is 0. The zero-order chi connectivity index (χ0) is 14.0. The average Bonchev–Trinajstić information content (AvgIpc) is 2.37. The van der Waals surface area contributed by atoms with Crippen LogP contribution in [-0.2, 0) is 14.8 Å². The van der Waals surface area contributed by atoms with Crippen LogP contribution in [0.2, 0.25) is 0 Å². The van der Waals surface area contributed by atoms with Crippen LogP contribution in [0, 0.1) is 0 Å². The van der Waals surface area contributed by atoms with Gasteiger partial charge in [-0.1, -0.05) is 6.92 Å². The lowest BCUT2D eigenvalue weighted by Crippen LogP contribution is -2.42. The second kappa shape index (κ2) is 5.36. The summed E-state index contributed by atoms with van der Waals surface area (Å²) in [5.74, 6) is 0. The number of ether oxygens (including phenoxy) is 1. The number of nitrogen functional groups attached to an aromatic ring is 1. The lowest BCUT2D eigenvalue weighted by Gasteiger charge is -2.34. The predicted molar refractivity (Wildman–Crippen MR) is 74.5 cm³/mol. The Morgan fingerprint density at radius 3 is 2.79 bits per heavy atom. The maximum Gasteiger partial charge on any atom is 0.238 e. The molecule has 4 N–H and O–H groups in total. The Labute approximate surface area is 113 Å². The summed E-state index contributed by atoms with van der Waals surface area (Å²) in [5, 5.41) is 5.15. The minimum absolute atomic E-state index is 0.0436. The Hall–Kier alpha value is -1.31. The van der Waals surface area contributed by atoms with Gasteiger partial charge in [0.1, 0.15) is 0 Å². The molecule has 1 aromatic rings. The van der Waals surface area contributed by atoms with Gasteiger partial charge < -0.3 is 15.4 Å². The molecule has 1 aromatic carbocycles. The Balaban J connectivity index is 2.32. The first kappa shape index (κ1) is 14.1. The highest BCUT2D eigenvalue weighted by molar-refractivity contribution is 7.89. The van der Waals surface area contributed by atoms with Crippen molar-refractivity contribution in [3.63, 3.8) is 0 Å². The maximum atomic E-state index is 11.4. The second-order valence-electron chi connectivity index (χ2n) is 4.65. The lowest BCUT2D eigenvalue weighted by atomic mass is 10.2. The molecule has 0 amide bonds. The van der Waals surface area contributed by atoms with E-state index < -0.39 is 10.0 Å². The Morgan fingerprint density at radius 2 is 2.16 bits per heavy atom. The van der Waals surface area contributed by atoms with Gasteiger partial charge in [0.05, 0.1) is 17.6 Å². The van der Waals surface area contributed by atoms with Crippen LogP contribution < -0.4 is 15.8 Å². The monoisotopic (exact) mass is 285 g/mol. The number of nitrogens with zero attached hydrogens (tertiary/aromatic N) is 1. The van der Waals surface area contributed by atoms with Gasteiger partial charge in [0.25, 0.3) is 0 Å². The van der Waals surface area contributed by atoms with Crippen molar-refractivity contribution in [2.75, 3.05) is 30.3 Å². The molecule has 1 aliphatic heterocycles. The Morgan fingerprint density at radius 1 is 1.42 bits per heavy atom. The van der Waals surface area contributed by atoms with Gasteiger partial charge in [-0.15, -0.1) is 0 Å². The molecule has 1 unspecified atom stereocenters. The molecular formula is C12H19N3O3S. The number of anilines is 2. The van der Waals surface area contributed by atoms with Crippen molar-refractivity contribution >= 4 is 21.4 Å². The first-order chi connectivity index (χ1) is 8.90. The van der Waals surface area contributed by atoms with Crippen molar-refractivity contribution in [3.8, 4) is 0 Å². The molecule has 0 aromatic heterocycles. The van der Waals surface area contributed by atoms with Crippen LogP contribution >= 0.6 is 0 Å². The third-order valence-corrected chi connectivity index (χ3v) is 4.09. The molecule has 7 heteroatoms. The number of sulfonamides is 1. The van der Waals surface area contributed by atoms with Crippen LogP contribution in [0.4, 0.5) is 11.4 Å². The van der Waals surface area contributed by atoms with Gasteiger partial charge in [0.2, 0.25) is 10.0 Å². The Kier molecular flexibility index (Phi) is 3.98. The average molecular weight is 285 g/mol. The lowest BCUT2D eigenvalue weighted by molar-refractivity contribution is 0.0384. The first-order valence-electron chi connectivity index (χ1n) is 6.20. The minimum atomic E-state index is -3.74. The van der Waals surface area contributed by atoms with Crippen molar-refractivity contribution < 1.29 is 13.2 Å². The van der Waals surface area contributed by atoms with Gasteiger partial charge in [0, 0.05) is 24.5 Å². The number of benzene rings is 1. The highest BCUT2D eigenvalue weighted by Gasteiger charge is 2.21. The Bertz CT molecular complexity index is 559. The van der Waals surface area contributed by atoms with Crippen LogP contribution in [-0.4, -0.2) is 34.2 Å². The number of nitrogens with two attached hydrogens (primary N) is 2. The minimum Gasteiger partial charge on any atom is -0.399 e. The van der Waals surface area contributed by atoms with E-state index in [-0.39, 0.29) is 11.0 Å². The zero-order valence-corrected chi connectivity index (χ0v) is 11.7. The molecular weight excluding hydrogens is 266 g/mol. The number of morpholine rings is 1. The summed E-state index contributed by atoms with van der Waals surface area (Å²) in [4.78, 5) is 2.12. The molecule has 1 heterocycles. The van der Waals surface area contributed by atoms with E-state index in [0.29, 0.717) is 18.8 Å². The molecule has 19 heavy (non-hydrogen) atoms. The van der Waals surface area contributed by atoms with Gasteiger partial charge >= 0.3 is 0 Å². The smallest absolute Gasteiger partial charge is 0.238 e. The van der Waals surface area contributed by atoms with E-state index >= 15 is 0 Å². The highest BCUT2D eigenvalue weighted by Crippen LogP contribution is 2.25. The van der Waals surface area contributed by atoms with Gasteiger partial charge in [-0.2, -0.15) is 0 Å². The van der Waals surface area contributed by atoms with Gasteiger partial charge in [0.15, 0.2) is 0 Å². The van der Waals surface area contributed by atoms with Crippen molar-refractivity contribution in [1.82, 2.24) is 0 Å². The summed E-state index contributed by atoms with van der Waals surface area (Å²) in [6, 6.07) is 4.69. The summed E-state index contributed by atoms with van der Waals surface area (Å²) < 4.78 is 28.4. The quantitative estimate of drug-likeness (QED) is 0.789. The van der Waals surface area contributed by atoms with E-state index in [4.69, 9.17) is 15.6 Å². The van der Waals surface area contributed by atoms with Gasteiger partial charge in [-0.05, 0) is 24.6 Å². The SMILES string of the molecule is CCC1CN(c2cc(N)cc(S(N)(=O)=O)c2)CCO1. The van der Waals surface area contributed by atoms with Crippen molar-refractivity contribution in [2.24, 2.45) is 5.14 Å². The molecule has 1 aliphatic rings. The molecule has 0 aliphatic carbocycles. The second-order valence-corrected chi connectivity index (χ2v) is 6.21. The van der Waals surface area contributed by atoms with Crippen molar-refractivity contribution in [3.05, 3.63) is 18.2 Å². The van der Waals surface area contributed by atoms with E-state index in [1.807, 2.05) is 0 Å². The van der Waals surface area contributed by atoms with Crippen LogP contribution in [0.1, 0.15) is 13.3 Å². The molecule has 0 saturated carbocycles. The standard InChI is InChI=1S/C12H19N3O3S/c1-2-11-8-15(3-4-18-11)10-5-9(13)6-12(7-10)19(14,16)17/h5-7,11H,2-4,8,13H2,1H3,(H2,14,16,17). The van der Waals surface area contributed by atoms with Gasteiger partial charge in [-0.25, -0.2) is 13.6 Å². The molecule has 1 saturated heterocycles. The van der Waals surface area contributed by atoms with E-state index in [1.165, 1.54) is 6.07 Å². The van der Waals surface area contributed by atoms with Crippen LogP contribution in [0.25, 0.3) is 0 Å². The predicted octanol–water partition coefficient (Wildman–Crippen LogP) is 0.531. The number of hydrogen-bond donors (Lipinski definition) is 2. The first-order valence-corrected chi connectivity index (χ1v) is 7.74. The fourth-order valence-electron chi connectivity index (χ4n) is 2.15. The van der Waals surface area contributed by atoms with E-state index in [0.717, 1.165) is 18.7 Å². The summed E-state index contributed by atoms with van der Waals surface area (Å²) in [7, 11) is -3.74. The summed E-state index contributed by atoms with van der Waals surface area (Å²) in [5.41, 5.74) is 6.91. The van der Waals surface area contributed by atoms with Crippen LogP contribution in [0.3, 0.4) is 0 Å². The zero-order valence-electron chi connectivity index (χ0n) is 10.9. The fraction of sp³-hybridized carbons (Fsp3) is 0.500. The molecule has 1 fully saturated rings. The fourth-order valence-corrected chi connectivity index (χ4v) is 2.74. The molecule has 0 bridgehead atoms. The summed E-state index contributed by atoms with van der Waals surface area (Å²) in [6.45, 7) is 4.12. The van der Waals surface area contributed by atoms with Crippen molar-refractivity contribution in [2.45, 2.75) is 24.3 Å². The van der Waals surface area contributed by atoms with Crippen LogP contribution in [0.5, 0.6) is 0 Å². The molecule has 0 spiro atoms. The molecule has 1 atom stereocenters. The number of hydrogen-bond acceptors (Lipinski definition) is 5. The molecule has 2 rings (SSSR count). The summed E-state index contributed by atoms with van der Waals surface area (Å²) in [6.07, 6.45) is 1.08. The molecule has 106 valence electrons. The number of primary sulfonamides is 1. The maximum absolute atomic E-state index is 11.4. The largest absolute Gasteiger partial charge is 0.399 e. The third-order valence-electron chi connectivity index (χ3n) is 3.20. The van der Waals surface area contributed by atoms with E-state index in [2.05, 4.69) is 11.8 Å². The van der Waals surface area contributed by atoms with E-state index in [9.17, 15) is 8.42 Å². The van der Waals surface area contributed by atoms with Gasteiger partial charge in [-0.3, -0.25) is 0 Å². The molecule has 0 radical (unpaired) electrons. The van der Waals surface area contributed by atoms with E-state index in [1.54, 1.807) is 12.1 Å². The number of rotatable bonds is 3. The molecule has 6 nitrogen and oxygen atoms in total. The van der Waals surface area contributed by atoms with Crippen LogP contribution in [0.15, 0.2) is 23.1 Å². The third kappa shape index (κ3) is 3.37. The topological polar surface area (TPSA) is 98.6 Å². The van der Waals surface area contributed by atoms with Crippen molar-refractivity contribution in [1.29, 1.82) is 0 Å². The normalized spacial score (nSPS) is 20.5.